The number of nitrogens with one attached hydrogen (secondary N) is 1. The molecule has 0 saturated heterocycles. The summed E-state index contributed by atoms with van der Waals surface area (Å²) in [6, 6.07) is 6.77. The highest BCUT2D eigenvalue weighted by molar-refractivity contribution is 6.31. The summed E-state index contributed by atoms with van der Waals surface area (Å²) in [6.45, 7) is 0. The minimum Gasteiger partial charge on any atom is -0.361 e. The lowest BCUT2D eigenvalue weighted by atomic mass is 10.2. The molecular formula is C15H18ClN5O. The third kappa shape index (κ3) is 3.65. The Morgan fingerprint density at radius 1 is 1.18 bits per heavy atom. The van der Waals surface area contributed by atoms with Gasteiger partial charge in [0.05, 0.1) is 6.20 Å². The van der Waals surface area contributed by atoms with Crippen molar-refractivity contribution in [2.45, 2.75) is 0 Å². The van der Waals surface area contributed by atoms with Crippen LogP contribution in [0.1, 0.15) is 10.4 Å². The lowest BCUT2D eigenvalue weighted by Gasteiger charge is -2.19. The van der Waals surface area contributed by atoms with Gasteiger partial charge in [-0.15, -0.1) is 0 Å². The van der Waals surface area contributed by atoms with E-state index in [4.69, 9.17) is 11.6 Å². The summed E-state index contributed by atoms with van der Waals surface area (Å²) in [4.78, 5) is 24.6. The van der Waals surface area contributed by atoms with Crippen molar-refractivity contribution in [1.29, 1.82) is 0 Å². The quantitative estimate of drug-likeness (QED) is 0.938. The number of rotatable bonds is 4. The number of hydrogen-bond donors (Lipinski definition) is 1. The predicted molar refractivity (Wildman–Crippen MR) is 90.1 cm³/mol. The summed E-state index contributed by atoms with van der Waals surface area (Å²) in [5.74, 6) is 0.949. The summed E-state index contributed by atoms with van der Waals surface area (Å²) in [5.41, 5.74) is 1.02. The number of carbonyl (C=O) groups is 1. The summed E-state index contributed by atoms with van der Waals surface area (Å²) in [7, 11) is 7.44. The molecule has 0 radical (unpaired) electrons. The number of anilines is 3. The molecule has 6 nitrogen and oxygen atoms in total. The topological polar surface area (TPSA) is 61.4 Å². The third-order valence-corrected chi connectivity index (χ3v) is 3.15. The Labute approximate surface area is 134 Å². The van der Waals surface area contributed by atoms with Crippen molar-refractivity contribution in [1.82, 2.24) is 9.97 Å². The maximum Gasteiger partial charge on any atom is 0.255 e. The van der Waals surface area contributed by atoms with Crippen molar-refractivity contribution in [2.75, 3.05) is 43.3 Å². The second-order valence-corrected chi connectivity index (χ2v) is 5.60. The van der Waals surface area contributed by atoms with Crippen molar-refractivity contribution in [3.05, 3.63) is 41.0 Å². The summed E-state index contributed by atoms with van der Waals surface area (Å²) in [6.07, 6.45) is 1.60. The molecule has 1 aromatic heterocycles. The molecule has 0 saturated carbocycles. The Morgan fingerprint density at radius 2 is 1.91 bits per heavy atom. The Morgan fingerprint density at radius 3 is 2.50 bits per heavy atom. The molecule has 0 fully saturated rings. The zero-order valence-electron chi connectivity index (χ0n) is 13.0. The number of aromatic nitrogens is 2. The van der Waals surface area contributed by atoms with Crippen LogP contribution < -0.4 is 15.1 Å². The maximum absolute atomic E-state index is 12.3. The summed E-state index contributed by atoms with van der Waals surface area (Å²) in [5, 5.41) is 3.33. The van der Waals surface area contributed by atoms with E-state index >= 15 is 0 Å². The van der Waals surface area contributed by atoms with Crippen LogP contribution in [-0.2, 0) is 0 Å². The van der Waals surface area contributed by atoms with Gasteiger partial charge in [-0.25, -0.2) is 4.98 Å². The third-order valence-electron chi connectivity index (χ3n) is 2.91. The first-order valence-corrected chi connectivity index (χ1v) is 7.05. The highest BCUT2D eigenvalue weighted by atomic mass is 35.5. The molecule has 0 bridgehead atoms. The minimum atomic E-state index is -0.258. The molecule has 1 aromatic carbocycles. The fraction of sp³-hybridized carbons (Fsp3) is 0.267. The van der Waals surface area contributed by atoms with Crippen LogP contribution in [0.3, 0.4) is 0 Å². The Hall–Kier alpha value is -2.34. The van der Waals surface area contributed by atoms with Gasteiger partial charge in [0.15, 0.2) is 5.82 Å². The first kappa shape index (κ1) is 16.0. The van der Waals surface area contributed by atoms with Gasteiger partial charge in [-0.1, -0.05) is 17.7 Å². The zero-order valence-corrected chi connectivity index (χ0v) is 13.7. The molecule has 1 N–H and O–H groups in total. The highest BCUT2D eigenvalue weighted by Gasteiger charge is 2.14. The number of amides is 1. The van der Waals surface area contributed by atoms with Crippen LogP contribution >= 0.6 is 11.6 Å². The lowest BCUT2D eigenvalue weighted by molar-refractivity contribution is 0.102. The first-order valence-electron chi connectivity index (χ1n) is 6.67. The predicted octanol–water partition coefficient (Wildman–Crippen LogP) is 2.51. The van der Waals surface area contributed by atoms with E-state index in [-0.39, 0.29) is 5.91 Å². The fourth-order valence-electron chi connectivity index (χ4n) is 1.83. The molecule has 22 heavy (non-hydrogen) atoms. The molecule has 0 aliphatic carbocycles. The van der Waals surface area contributed by atoms with Crippen molar-refractivity contribution >= 4 is 35.0 Å². The Balaban J connectivity index is 2.30. The maximum atomic E-state index is 12.3. The molecule has 2 rings (SSSR count). The van der Waals surface area contributed by atoms with Crippen LogP contribution in [0.4, 0.5) is 17.5 Å². The van der Waals surface area contributed by atoms with Gasteiger partial charge in [0, 0.05) is 38.8 Å². The first-order chi connectivity index (χ1) is 10.4. The molecule has 2 aromatic rings. The minimum absolute atomic E-state index is 0.258. The molecule has 7 heteroatoms. The van der Waals surface area contributed by atoms with Crippen LogP contribution in [-0.4, -0.2) is 44.1 Å². The number of halogens is 1. The van der Waals surface area contributed by atoms with Gasteiger partial charge in [-0.3, -0.25) is 4.79 Å². The van der Waals surface area contributed by atoms with Crippen LogP contribution in [0.2, 0.25) is 5.02 Å². The normalized spacial score (nSPS) is 10.2. The van der Waals surface area contributed by atoms with Gasteiger partial charge >= 0.3 is 0 Å². The summed E-state index contributed by atoms with van der Waals surface area (Å²) < 4.78 is 0. The van der Waals surface area contributed by atoms with Gasteiger partial charge in [-0.05, 0) is 18.2 Å². The van der Waals surface area contributed by atoms with E-state index in [0.29, 0.717) is 28.0 Å². The standard InChI is InChI=1S/C15H18ClN5O/c1-20(2)13-12(9-17-15(19-13)21(3)4)18-14(22)10-6-5-7-11(16)8-10/h5-9H,1-4H3,(H,18,22). The second kappa shape index (κ2) is 6.62. The van der Waals surface area contributed by atoms with Crippen LogP contribution in [0.15, 0.2) is 30.5 Å². The highest BCUT2D eigenvalue weighted by Crippen LogP contribution is 2.24. The molecular weight excluding hydrogens is 302 g/mol. The number of benzene rings is 1. The van der Waals surface area contributed by atoms with E-state index in [1.54, 1.807) is 35.4 Å². The molecule has 0 unspecified atom stereocenters. The van der Waals surface area contributed by atoms with E-state index in [0.717, 1.165) is 0 Å². The van der Waals surface area contributed by atoms with Crippen molar-refractivity contribution < 1.29 is 4.79 Å². The SMILES string of the molecule is CN(C)c1ncc(NC(=O)c2cccc(Cl)c2)c(N(C)C)n1. The molecule has 1 heterocycles. The molecule has 0 spiro atoms. The van der Waals surface area contributed by atoms with Gasteiger partial charge in [0.25, 0.3) is 5.91 Å². The number of hydrogen-bond acceptors (Lipinski definition) is 5. The van der Waals surface area contributed by atoms with Crippen molar-refractivity contribution in [2.24, 2.45) is 0 Å². The van der Waals surface area contributed by atoms with Crippen LogP contribution in [0.25, 0.3) is 0 Å². The molecule has 0 aliphatic rings. The zero-order chi connectivity index (χ0) is 16.3. The average molecular weight is 320 g/mol. The Bertz CT molecular complexity index is 687. The second-order valence-electron chi connectivity index (χ2n) is 5.16. The monoisotopic (exact) mass is 319 g/mol. The fourth-order valence-corrected chi connectivity index (χ4v) is 2.02. The molecule has 0 aliphatic heterocycles. The molecule has 1 amide bonds. The smallest absolute Gasteiger partial charge is 0.255 e. The van der Waals surface area contributed by atoms with Gasteiger partial charge in [-0.2, -0.15) is 4.98 Å². The molecule has 116 valence electrons. The van der Waals surface area contributed by atoms with E-state index < -0.39 is 0 Å². The van der Waals surface area contributed by atoms with Gasteiger partial charge in [0.2, 0.25) is 5.95 Å². The average Bonchev–Trinajstić information content (AvgIpc) is 2.47. The molecule has 0 atom stereocenters. The van der Waals surface area contributed by atoms with Gasteiger partial charge < -0.3 is 15.1 Å². The van der Waals surface area contributed by atoms with E-state index in [1.165, 1.54) is 0 Å². The van der Waals surface area contributed by atoms with Crippen molar-refractivity contribution in [3.63, 3.8) is 0 Å². The largest absolute Gasteiger partial charge is 0.361 e. The summed E-state index contributed by atoms with van der Waals surface area (Å²) >= 11 is 5.91. The van der Waals surface area contributed by atoms with E-state index in [1.807, 2.05) is 33.1 Å². The van der Waals surface area contributed by atoms with Crippen LogP contribution in [0.5, 0.6) is 0 Å². The van der Waals surface area contributed by atoms with E-state index in [9.17, 15) is 4.79 Å². The van der Waals surface area contributed by atoms with E-state index in [2.05, 4.69) is 15.3 Å². The lowest BCUT2D eigenvalue weighted by Crippen LogP contribution is -2.21. The number of carbonyl (C=O) groups excluding carboxylic acids is 1. The number of nitrogens with zero attached hydrogens (tertiary/aromatic N) is 4. The van der Waals surface area contributed by atoms with Gasteiger partial charge in [0.1, 0.15) is 5.69 Å². The van der Waals surface area contributed by atoms with Crippen LogP contribution in [0, 0.1) is 0 Å². The van der Waals surface area contributed by atoms with Crippen molar-refractivity contribution in [3.8, 4) is 0 Å². The Kier molecular flexibility index (Phi) is 4.82.